The van der Waals surface area contributed by atoms with E-state index in [1.807, 2.05) is 25.1 Å². The predicted octanol–water partition coefficient (Wildman–Crippen LogP) is 3.52. The average Bonchev–Trinajstić information content (AvgIpc) is 2.53. The number of hydrogen-bond donors (Lipinski definition) is 2. The maximum Gasteiger partial charge on any atom is 0.224 e. The zero-order valence-corrected chi connectivity index (χ0v) is 14.4. The lowest BCUT2D eigenvalue weighted by atomic mass is 10.1. The molecule has 0 saturated carbocycles. The van der Waals surface area contributed by atoms with E-state index in [1.165, 1.54) is 5.56 Å². The zero-order chi connectivity index (χ0) is 16.7. The van der Waals surface area contributed by atoms with Crippen molar-refractivity contribution in [1.82, 2.24) is 9.97 Å². The molecule has 1 heterocycles. The van der Waals surface area contributed by atoms with Crippen LogP contribution in [0.5, 0.6) is 5.75 Å². The Morgan fingerprint density at radius 1 is 1.09 bits per heavy atom. The van der Waals surface area contributed by atoms with Crippen LogP contribution in [0, 0.1) is 12.8 Å². The Labute approximate surface area is 138 Å². The highest BCUT2D eigenvalue weighted by Gasteiger charge is 2.03. The Morgan fingerprint density at radius 3 is 2.48 bits per heavy atom. The van der Waals surface area contributed by atoms with Crippen molar-refractivity contribution in [1.29, 1.82) is 0 Å². The van der Waals surface area contributed by atoms with Crippen molar-refractivity contribution in [3.8, 4) is 5.75 Å². The first-order valence-electron chi connectivity index (χ1n) is 8.03. The average molecular weight is 314 g/mol. The molecule has 2 N–H and O–H groups in total. The van der Waals surface area contributed by atoms with Gasteiger partial charge in [0.05, 0.1) is 7.11 Å². The summed E-state index contributed by atoms with van der Waals surface area (Å²) in [5.41, 5.74) is 2.22. The van der Waals surface area contributed by atoms with E-state index in [2.05, 4.69) is 46.6 Å². The third-order valence-corrected chi connectivity index (χ3v) is 3.40. The second-order valence-corrected chi connectivity index (χ2v) is 6.02. The zero-order valence-electron chi connectivity index (χ0n) is 14.4. The summed E-state index contributed by atoms with van der Waals surface area (Å²) in [4.78, 5) is 8.93. The fourth-order valence-electron chi connectivity index (χ4n) is 2.16. The summed E-state index contributed by atoms with van der Waals surface area (Å²) < 4.78 is 5.17. The number of rotatable bonds is 8. The molecule has 0 saturated heterocycles. The van der Waals surface area contributed by atoms with Gasteiger partial charge in [-0.2, -0.15) is 4.98 Å². The predicted molar refractivity (Wildman–Crippen MR) is 95.3 cm³/mol. The number of nitrogens with zero attached hydrogens (tertiary/aromatic N) is 2. The Balaban J connectivity index is 1.89. The van der Waals surface area contributed by atoms with E-state index in [9.17, 15) is 0 Å². The molecule has 0 fully saturated rings. The maximum absolute atomic E-state index is 5.17. The first kappa shape index (κ1) is 17.1. The molecule has 0 amide bonds. The van der Waals surface area contributed by atoms with Crippen molar-refractivity contribution in [2.24, 2.45) is 5.92 Å². The van der Waals surface area contributed by atoms with Crippen molar-refractivity contribution in [3.63, 3.8) is 0 Å². The highest BCUT2D eigenvalue weighted by atomic mass is 16.5. The summed E-state index contributed by atoms with van der Waals surface area (Å²) in [5, 5.41) is 6.64. The molecule has 5 nitrogen and oxygen atoms in total. The quantitative estimate of drug-likeness (QED) is 0.781. The minimum absolute atomic E-state index is 0.561. The third-order valence-electron chi connectivity index (χ3n) is 3.40. The number of ether oxygens (including phenoxy) is 1. The van der Waals surface area contributed by atoms with Gasteiger partial charge in [-0.25, -0.2) is 4.98 Å². The van der Waals surface area contributed by atoms with Crippen molar-refractivity contribution < 1.29 is 4.74 Å². The van der Waals surface area contributed by atoms with E-state index in [0.717, 1.165) is 36.8 Å². The van der Waals surface area contributed by atoms with Gasteiger partial charge in [0.15, 0.2) is 0 Å². The molecule has 0 unspecified atom stereocenters. The molecule has 2 aromatic rings. The van der Waals surface area contributed by atoms with Crippen LogP contribution < -0.4 is 15.4 Å². The second kappa shape index (κ2) is 8.36. The minimum atomic E-state index is 0.561. The van der Waals surface area contributed by atoms with E-state index in [0.29, 0.717) is 11.9 Å². The standard InChI is InChI=1S/C18H26N4O/c1-13(2)12-20-18-21-14(3)11-17(22-18)19-10-9-15-5-7-16(23-4)8-6-15/h5-8,11,13H,9-10,12H2,1-4H3,(H2,19,20,21,22). The normalized spacial score (nSPS) is 10.7. The van der Waals surface area contributed by atoms with Gasteiger partial charge in [0.25, 0.3) is 0 Å². The fraction of sp³-hybridized carbons (Fsp3) is 0.444. The van der Waals surface area contributed by atoms with E-state index in [1.54, 1.807) is 7.11 Å². The van der Waals surface area contributed by atoms with Crippen LogP contribution in [-0.4, -0.2) is 30.2 Å². The number of anilines is 2. The van der Waals surface area contributed by atoms with Gasteiger partial charge in [-0.05, 0) is 37.0 Å². The number of nitrogens with one attached hydrogen (secondary N) is 2. The smallest absolute Gasteiger partial charge is 0.224 e. The van der Waals surface area contributed by atoms with Gasteiger partial charge in [-0.3, -0.25) is 0 Å². The van der Waals surface area contributed by atoms with Gasteiger partial charge in [-0.1, -0.05) is 26.0 Å². The van der Waals surface area contributed by atoms with Gasteiger partial charge in [0.1, 0.15) is 11.6 Å². The molecular formula is C18H26N4O. The Morgan fingerprint density at radius 2 is 1.83 bits per heavy atom. The van der Waals surface area contributed by atoms with Crippen LogP contribution in [0.2, 0.25) is 0 Å². The van der Waals surface area contributed by atoms with Crippen molar-refractivity contribution in [3.05, 3.63) is 41.6 Å². The number of methoxy groups -OCH3 is 1. The van der Waals surface area contributed by atoms with Gasteiger partial charge >= 0.3 is 0 Å². The number of benzene rings is 1. The largest absolute Gasteiger partial charge is 0.497 e. The Bertz CT molecular complexity index is 611. The molecule has 124 valence electrons. The minimum Gasteiger partial charge on any atom is -0.497 e. The Hall–Kier alpha value is -2.30. The summed E-state index contributed by atoms with van der Waals surface area (Å²) >= 11 is 0. The molecule has 0 aliphatic heterocycles. The molecule has 0 spiro atoms. The Kier molecular flexibility index (Phi) is 6.20. The molecule has 0 radical (unpaired) electrons. The molecule has 0 bridgehead atoms. The maximum atomic E-state index is 5.17. The summed E-state index contributed by atoms with van der Waals surface area (Å²) in [5.74, 6) is 2.99. The second-order valence-electron chi connectivity index (χ2n) is 6.02. The molecular weight excluding hydrogens is 288 g/mol. The van der Waals surface area contributed by atoms with E-state index < -0.39 is 0 Å². The molecule has 0 aliphatic carbocycles. The van der Waals surface area contributed by atoms with Crippen LogP contribution >= 0.6 is 0 Å². The number of aromatic nitrogens is 2. The summed E-state index contributed by atoms with van der Waals surface area (Å²) in [6.07, 6.45) is 0.932. The number of hydrogen-bond acceptors (Lipinski definition) is 5. The molecule has 1 aromatic heterocycles. The fourth-order valence-corrected chi connectivity index (χ4v) is 2.16. The first-order chi connectivity index (χ1) is 11.1. The van der Waals surface area contributed by atoms with E-state index in [-0.39, 0.29) is 0 Å². The van der Waals surface area contributed by atoms with Crippen LogP contribution in [0.3, 0.4) is 0 Å². The van der Waals surface area contributed by atoms with Crippen LogP contribution in [-0.2, 0) is 6.42 Å². The van der Waals surface area contributed by atoms with Gasteiger partial charge < -0.3 is 15.4 Å². The number of aryl methyl sites for hydroxylation is 1. The van der Waals surface area contributed by atoms with Crippen LogP contribution in [0.4, 0.5) is 11.8 Å². The lowest BCUT2D eigenvalue weighted by Crippen LogP contribution is -2.13. The first-order valence-corrected chi connectivity index (χ1v) is 8.03. The summed E-state index contributed by atoms with van der Waals surface area (Å²) in [7, 11) is 1.68. The summed E-state index contributed by atoms with van der Waals surface area (Å²) in [6.45, 7) is 8.01. The van der Waals surface area contributed by atoms with Gasteiger partial charge in [0, 0.05) is 24.8 Å². The van der Waals surface area contributed by atoms with Gasteiger partial charge in [0.2, 0.25) is 5.95 Å². The van der Waals surface area contributed by atoms with Crippen LogP contribution in [0.15, 0.2) is 30.3 Å². The molecule has 2 rings (SSSR count). The van der Waals surface area contributed by atoms with E-state index >= 15 is 0 Å². The van der Waals surface area contributed by atoms with Crippen molar-refractivity contribution in [2.75, 3.05) is 30.8 Å². The van der Waals surface area contributed by atoms with Crippen LogP contribution in [0.25, 0.3) is 0 Å². The van der Waals surface area contributed by atoms with Crippen molar-refractivity contribution in [2.45, 2.75) is 27.2 Å². The highest BCUT2D eigenvalue weighted by Crippen LogP contribution is 2.13. The van der Waals surface area contributed by atoms with E-state index in [4.69, 9.17) is 4.74 Å². The molecule has 5 heteroatoms. The van der Waals surface area contributed by atoms with Crippen molar-refractivity contribution >= 4 is 11.8 Å². The molecule has 0 aliphatic rings. The van der Waals surface area contributed by atoms with Crippen LogP contribution in [0.1, 0.15) is 25.1 Å². The lowest BCUT2D eigenvalue weighted by molar-refractivity contribution is 0.414. The summed E-state index contributed by atoms with van der Waals surface area (Å²) in [6, 6.07) is 10.1. The molecule has 1 aromatic carbocycles. The highest BCUT2D eigenvalue weighted by molar-refractivity contribution is 5.42. The monoisotopic (exact) mass is 314 g/mol. The molecule has 23 heavy (non-hydrogen) atoms. The topological polar surface area (TPSA) is 59.1 Å². The van der Waals surface area contributed by atoms with Gasteiger partial charge in [-0.15, -0.1) is 0 Å². The SMILES string of the molecule is COc1ccc(CCNc2cc(C)nc(NCC(C)C)n2)cc1. The lowest BCUT2D eigenvalue weighted by Gasteiger charge is -2.11. The third kappa shape index (κ3) is 5.77. The molecule has 0 atom stereocenters.